The van der Waals surface area contributed by atoms with Crippen LogP contribution >= 0.6 is 12.2 Å². The summed E-state index contributed by atoms with van der Waals surface area (Å²) in [5.74, 6) is 0.570. The van der Waals surface area contributed by atoms with E-state index in [-0.39, 0.29) is 10.3 Å². The summed E-state index contributed by atoms with van der Waals surface area (Å²) < 4.78 is 39.5. The van der Waals surface area contributed by atoms with E-state index < -0.39 is 11.7 Å². The fraction of sp³-hybridized carbons (Fsp3) is 0.231. The van der Waals surface area contributed by atoms with Gasteiger partial charge in [0.15, 0.2) is 4.77 Å². The third kappa shape index (κ3) is 2.18. The number of anilines is 1. The molecule has 0 fully saturated rings. The van der Waals surface area contributed by atoms with Gasteiger partial charge in [0, 0.05) is 17.7 Å². The maximum atomic E-state index is 13.1. The van der Waals surface area contributed by atoms with Crippen LogP contribution in [0.25, 0.3) is 11.3 Å². The number of nitrogens with one attached hydrogen (secondary N) is 2. The maximum absolute atomic E-state index is 13.1. The average molecular weight is 297 g/mol. The highest BCUT2D eigenvalue weighted by atomic mass is 32.1. The van der Waals surface area contributed by atoms with Crippen LogP contribution in [0.3, 0.4) is 0 Å². The highest BCUT2D eigenvalue weighted by Crippen LogP contribution is 2.39. The van der Waals surface area contributed by atoms with Crippen molar-refractivity contribution in [3.8, 4) is 11.3 Å². The summed E-state index contributed by atoms with van der Waals surface area (Å²) in [4.78, 5) is 6.90. The molecule has 2 heterocycles. The van der Waals surface area contributed by atoms with Gasteiger partial charge in [-0.3, -0.25) is 0 Å². The van der Waals surface area contributed by atoms with E-state index in [1.807, 2.05) is 0 Å². The summed E-state index contributed by atoms with van der Waals surface area (Å²) in [6.07, 6.45) is -3.79. The van der Waals surface area contributed by atoms with Crippen molar-refractivity contribution in [3.63, 3.8) is 0 Å². The molecule has 0 bridgehead atoms. The van der Waals surface area contributed by atoms with E-state index in [1.54, 1.807) is 6.07 Å². The molecular formula is C13H10F3N3S. The second kappa shape index (κ2) is 4.59. The van der Waals surface area contributed by atoms with E-state index in [9.17, 15) is 13.2 Å². The van der Waals surface area contributed by atoms with Gasteiger partial charge < -0.3 is 10.3 Å². The Morgan fingerprint density at radius 1 is 1.20 bits per heavy atom. The Morgan fingerprint density at radius 3 is 2.70 bits per heavy atom. The van der Waals surface area contributed by atoms with Crippen LogP contribution < -0.4 is 5.32 Å². The Labute approximate surface area is 117 Å². The first-order chi connectivity index (χ1) is 9.47. The first-order valence-electron chi connectivity index (χ1n) is 6.00. The number of halogens is 3. The molecular weight excluding hydrogens is 287 g/mol. The van der Waals surface area contributed by atoms with E-state index in [2.05, 4.69) is 15.3 Å². The molecule has 1 aromatic heterocycles. The Balaban J connectivity index is 2.28. The first kappa shape index (κ1) is 13.1. The molecule has 3 rings (SSSR count). The van der Waals surface area contributed by atoms with Gasteiger partial charge in [-0.2, -0.15) is 13.2 Å². The van der Waals surface area contributed by atoms with Crippen molar-refractivity contribution >= 4 is 18.0 Å². The lowest BCUT2D eigenvalue weighted by atomic mass is 10.00. The van der Waals surface area contributed by atoms with Crippen molar-refractivity contribution < 1.29 is 13.2 Å². The molecule has 1 aliphatic heterocycles. The predicted octanol–water partition coefficient (Wildman–Crippen LogP) is 3.79. The number of alkyl halides is 3. The van der Waals surface area contributed by atoms with Gasteiger partial charge in [0.1, 0.15) is 5.82 Å². The summed E-state index contributed by atoms with van der Waals surface area (Å²) in [5.41, 5.74) is 0.577. The summed E-state index contributed by atoms with van der Waals surface area (Å²) in [6.45, 7) is 0.649. The lowest BCUT2D eigenvalue weighted by molar-refractivity contribution is -0.137. The van der Waals surface area contributed by atoms with Crippen LogP contribution in [-0.2, 0) is 12.6 Å². The van der Waals surface area contributed by atoms with Gasteiger partial charge in [0.05, 0.1) is 11.3 Å². The predicted molar refractivity (Wildman–Crippen MR) is 72.1 cm³/mol. The molecule has 3 nitrogen and oxygen atoms in total. The van der Waals surface area contributed by atoms with Crippen molar-refractivity contribution in [2.45, 2.75) is 12.6 Å². The van der Waals surface area contributed by atoms with Gasteiger partial charge >= 0.3 is 6.18 Å². The van der Waals surface area contributed by atoms with Crippen LogP contribution in [0.1, 0.15) is 11.1 Å². The van der Waals surface area contributed by atoms with Crippen LogP contribution in [0.15, 0.2) is 24.3 Å². The highest BCUT2D eigenvalue weighted by molar-refractivity contribution is 7.71. The van der Waals surface area contributed by atoms with Gasteiger partial charge in [0.25, 0.3) is 0 Å². The molecule has 0 saturated heterocycles. The third-order valence-corrected chi connectivity index (χ3v) is 3.40. The van der Waals surface area contributed by atoms with E-state index in [4.69, 9.17) is 12.2 Å². The van der Waals surface area contributed by atoms with Crippen LogP contribution in [0.4, 0.5) is 19.0 Å². The van der Waals surface area contributed by atoms with Crippen molar-refractivity contribution in [3.05, 3.63) is 40.2 Å². The molecule has 1 aromatic carbocycles. The van der Waals surface area contributed by atoms with Crippen molar-refractivity contribution in [1.29, 1.82) is 0 Å². The minimum absolute atomic E-state index is 0.105. The topological polar surface area (TPSA) is 40.7 Å². The molecule has 0 atom stereocenters. The largest absolute Gasteiger partial charge is 0.417 e. The van der Waals surface area contributed by atoms with E-state index >= 15 is 0 Å². The van der Waals surface area contributed by atoms with Gasteiger partial charge in [-0.1, -0.05) is 18.2 Å². The fourth-order valence-electron chi connectivity index (χ4n) is 2.37. The lowest BCUT2D eigenvalue weighted by Crippen LogP contribution is -2.08. The minimum atomic E-state index is -4.41. The van der Waals surface area contributed by atoms with Gasteiger partial charge in [-0.05, 0) is 24.7 Å². The molecule has 0 unspecified atom stereocenters. The summed E-state index contributed by atoms with van der Waals surface area (Å²) in [7, 11) is 0. The molecule has 2 N–H and O–H groups in total. The van der Waals surface area contributed by atoms with E-state index in [0.29, 0.717) is 24.5 Å². The van der Waals surface area contributed by atoms with Crippen LogP contribution in [0, 0.1) is 4.77 Å². The van der Waals surface area contributed by atoms with Gasteiger partial charge in [-0.25, -0.2) is 4.98 Å². The second-order valence-corrected chi connectivity index (χ2v) is 4.85. The Hall–Kier alpha value is -1.89. The third-order valence-electron chi connectivity index (χ3n) is 3.20. The number of benzene rings is 1. The summed E-state index contributed by atoms with van der Waals surface area (Å²) in [6, 6.07) is 5.47. The van der Waals surface area contributed by atoms with E-state index in [0.717, 1.165) is 11.6 Å². The monoisotopic (exact) mass is 297 g/mol. The minimum Gasteiger partial charge on any atom is -0.369 e. The summed E-state index contributed by atoms with van der Waals surface area (Å²) >= 11 is 4.99. The number of fused-ring (bicyclic) bond motifs is 1. The van der Waals surface area contributed by atoms with Crippen molar-refractivity contribution in [2.24, 2.45) is 0 Å². The standard InChI is InChI=1S/C13H10F3N3S/c14-13(15,16)9-4-2-1-3-7(9)10-8-5-6-17-11(8)19-12(20)18-10/h1-4H,5-6H2,(H2,17,18,19,20). The SMILES string of the molecule is FC(F)(F)c1ccccc1-c1[nH]c(=S)nc2c1CCN2. The zero-order chi connectivity index (χ0) is 14.3. The molecule has 1 aliphatic rings. The molecule has 20 heavy (non-hydrogen) atoms. The number of hydrogen-bond donors (Lipinski definition) is 2. The molecule has 0 amide bonds. The molecule has 0 radical (unpaired) electrons. The van der Waals surface area contributed by atoms with E-state index in [1.165, 1.54) is 12.1 Å². The van der Waals surface area contributed by atoms with Crippen molar-refractivity contribution in [1.82, 2.24) is 9.97 Å². The van der Waals surface area contributed by atoms with Crippen LogP contribution in [0.5, 0.6) is 0 Å². The zero-order valence-electron chi connectivity index (χ0n) is 10.2. The quantitative estimate of drug-likeness (QED) is 0.787. The van der Waals surface area contributed by atoms with Gasteiger partial charge in [-0.15, -0.1) is 0 Å². The fourth-order valence-corrected chi connectivity index (χ4v) is 2.56. The summed E-state index contributed by atoms with van der Waals surface area (Å²) in [5, 5.41) is 3.03. The van der Waals surface area contributed by atoms with Crippen molar-refractivity contribution in [2.75, 3.05) is 11.9 Å². The first-order valence-corrected chi connectivity index (χ1v) is 6.41. The molecule has 0 saturated carbocycles. The molecule has 0 spiro atoms. The van der Waals surface area contributed by atoms with Crippen LogP contribution in [-0.4, -0.2) is 16.5 Å². The maximum Gasteiger partial charge on any atom is 0.417 e. The number of rotatable bonds is 1. The molecule has 104 valence electrons. The normalized spacial score (nSPS) is 13.9. The zero-order valence-corrected chi connectivity index (χ0v) is 11.0. The molecule has 7 heteroatoms. The number of nitrogens with zero attached hydrogens (tertiary/aromatic N) is 1. The molecule has 0 aliphatic carbocycles. The number of hydrogen-bond acceptors (Lipinski definition) is 3. The Bertz CT molecular complexity index is 722. The highest BCUT2D eigenvalue weighted by Gasteiger charge is 2.34. The Morgan fingerprint density at radius 2 is 1.95 bits per heavy atom. The number of aromatic nitrogens is 2. The lowest BCUT2D eigenvalue weighted by Gasteiger charge is -2.14. The number of H-pyrrole nitrogens is 1. The Kier molecular flexibility index (Phi) is 3.01. The smallest absolute Gasteiger partial charge is 0.369 e. The average Bonchev–Trinajstić information content (AvgIpc) is 2.84. The number of aromatic amines is 1. The second-order valence-electron chi connectivity index (χ2n) is 4.46. The van der Waals surface area contributed by atoms with Crippen LogP contribution in [0.2, 0.25) is 0 Å². The van der Waals surface area contributed by atoms with Gasteiger partial charge in [0.2, 0.25) is 0 Å². The molecule has 2 aromatic rings.